The van der Waals surface area contributed by atoms with Gasteiger partial charge in [-0.1, -0.05) is 35.4 Å². The van der Waals surface area contributed by atoms with Gasteiger partial charge in [-0.25, -0.2) is 4.79 Å². The highest BCUT2D eigenvalue weighted by Gasteiger charge is 2.35. The molecule has 0 radical (unpaired) electrons. The third-order valence-corrected chi connectivity index (χ3v) is 4.22. The van der Waals surface area contributed by atoms with Gasteiger partial charge in [-0.15, -0.1) is 0 Å². The molecule has 2 N–H and O–H groups in total. The molecule has 26 heavy (non-hydrogen) atoms. The van der Waals surface area contributed by atoms with Gasteiger partial charge in [0.25, 0.3) is 0 Å². The molecule has 4 atom stereocenters. The van der Waals surface area contributed by atoms with E-state index in [1.807, 2.05) is 30.3 Å². The van der Waals surface area contributed by atoms with Gasteiger partial charge in [0.05, 0.1) is 30.7 Å². The maximum atomic E-state index is 11.9. The number of carboxylic acid groups (broad SMARTS) is 1. The Kier molecular flexibility index (Phi) is 7.25. The summed E-state index contributed by atoms with van der Waals surface area (Å²) >= 11 is 0. The molecule has 1 aromatic rings. The maximum Gasteiger partial charge on any atom is 0.407 e. The molecule has 2 unspecified atom stereocenters. The summed E-state index contributed by atoms with van der Waals surface area (Å²) in [5, 5.41) is 15.3. The van der Waals surface area contributed by atoms with Crippen molar-refractivity contribution in [2.45, 2.75) is 57.1 Å². The Morgan fingerprint density at radius 2 is 2.15 bits per heavy atom. The molecule has 140 valence electrons. The predicted molar refractivity (Wildman–Crippen MR) is 92.3 cm³/mol. The van der Waals surface area contributed by atoms with E-state index in [1.54, 1.807) is 6.92 Å². The van der Waals surface area contributed by atoms with Crippen molar-refractivity contribution in [2.24, 2.45) is 5.11 Å². The average Bonchev–Trinajstić information content (AvgIpc) is 2.62. The molecule has 2 rings (SSSR count). The van der Waals surface area contributed by atoms with Crippen LogP contribution in [0, 0.1) is 0 Å². The van der Waals surface area contributed by atoms with Crippen molar-refractivity contribution in [3.05, 3.63) is 46.3 Å². The van der Waals surface area contributed by atoms with Crippen LogP contribution in [0.2, 0.25) is 0 Å². The zero-order chi connectivity index (χ0) is 18.9. The Bertz CT molecular complexity index is 662. The van der Waals surface area contributed by atoms with Crippen LogP contribution < -0.4 is 5.32 Å². The molecule has 0 saturated carbocycles. The fraction of sp³-hybridized carbons (Fsp3) is 0.529. The fourth-order valence-corrected chi connectivity index (χ4v) is 2.87. The summed E-state index contributed by atoms with van der Waals surface area (Å²) in [5.74, 6) is -1.03. The van der Waals surface area contributed by atoms with Crippen LogP contribution in [0.5, 0.6) is 0 Å². The average molecular weight is 362 g/mol. The molecule has 0 aliphatic carbocycles. The Morgan fingerprint density at radius 3 is 2.81 bits per heavy atom. The summed E-state index contributed by atoms with van der Waals surface area (Å²) in [4.78, 5) is 25.7. The largest absolute Gasteiger partial charge is 0.481 e. The Balaban J connectivity index is 1.85. The lowest BCUT2D eigenvalue weighted by Crippen LogP contribution is -2.49. The molecule has 9 nitrogen and oxygen atoms in total. The lowest BCUT2D eigenvalue weighted by Gasteiger charge is -2.36. The SMILES string of the molecule is C[C@@H](NC(=O)OCc1ccccc1)[C@@H]1CCC(N=[N+]=[N-])C(CC(=O)O)O1. The molecule has 1 aliphatic rings. The summed E-state index contributed by atoms with van der Waals surface area (Å²) in [5.41, 5.74) is 9.48. The van der Waals surface area contributed by atoms with E-state index < -0.39 is 24.2 Å². The molecule has 1 heterocycles. The quantitative estimate of drug-likeness (QED) is 0.437. The number of carbonyl (C=O) groups excluding carboxylic acids is 1. The number of nitrogens with zero attached hydrogens (tertiary/aromatic N) is 3. The molecular weight excluding hydrogens is 340 g/mol. The molecule has 1 saturated heterocycles. The third-order valence-electron chi connectivity index (χ3n) is 4.22. The molecule has 0 spiro atoms. The number of rotatable bonds is 7. The van der Waals surface area contributed by atoms with Gasteiger partial charge >= 0.3 is 12.1 Å². The van der Waals surface area contributed by atoms with Crippen LogP contribution in [0.1, 0.15) is 31.7 Å². The Labute approximate surface area is 150 Å². The van der Waals surface area contributed by atoms with Crippen LogP contribution >= 0.6 is 0 Å². The molecular formula is C17H22N4O5. The highest BCUT2D eigenvalue weighted by atomic mass is 16.5. The first-order valence-electron chi connectivity index (χ1n) is 8.38. The highest BCUT2D eigenvalue weighted by Crippen LogP contribution is 2.26. The van der Waals surface area contributed by atoms with E-state index in [0.29, 0.717) is 12.8 Å². The van der Waals surface area contributed by atoms with Crippen LogP contribution in [0.15, 0.2) is 35.4 Å². The molecule has 0 bridgehead atoms. The first kappa shape index (κ1) is 19.6. The Morgan fingerprint density at radius 1 is 1.42 bits per heavy atom. The summed E-state index contributed by atoms with van der Waals surface area (Å²) in [7, 11) is 0. The fourth-order valence-electron chi connectivity index (χ4n) is 2.87. The summed E-state index contributed by atoms with van der Waals surface area (Å²) in [6, 6.07) is 8.41. The van der Waals surface area contributed by atoms with Crippen molar-refractivity contribution in [3.8, 4) is 0 Å². The van der Waals surface area contributed by atoms with E-state index in [9.17, 15) is 9.59 Å². The zero-order valence-electron chi connectivity index (χ0n) is 14.4. The molecule has 0 aromatic heterocycles. The van der Waals surface area contributed by atoms with Crippen LogP contribution in [0.3, 0.4) is 0 Å². The van der Waals surface area contributed by atoms with E-state index in [4.69, 9.17) is 20.1 Å². The van der Waals surface area contributed by atoms with Crippen LogP contribution in [0.25, 0.3) is 10.4 Å². The van der Waals surface area contributed by atoms with Gasteiger partial charge in [0.15, 0.2) is 0 Å². The van der Waals surface area contributed by atoms with Crippen molar-refractivity contribution in [3.63, 3.8) is 0 Å². The van der Waals surface area contributed by atoms with E-state index in [2.05, 4.69) is 15.3 Å². The predicted octanol–water partition coefficient (Wildman–Crippen LogP) is 3.00. The molecule has 1 aliphatic heterocycles. The van der Waals surface area contributed by atoms with E-state index in [-0.39, 0.29) is 25.2 Å². The van der Waals surface area contributed by atoms with Crippen molar-refractivity contribution < 1.29 is 24.2 Å². The highest BCUT2D eigenvalue weighted by molar-refractivity contribution is 5.68. The second-order valence-electron chi connectivity index (χ2n) is 6.16. The second-order valence-corrected chi connectivity index (χ2v) is 6.16. The van der Waals surface area contributed by atoms with Gasteiger partial charge in [-0.3, -0.25) is 4.79 Å². The first-order valence-corrected chi connectivity index (χ1v) is 8.38. The topological polar surface area (TPSA) is 134 Å². The number of benzene rings is 1. The number of hydrogen-bond acceptors (Lipinski definition) is 5. The minimum absolute atomic E-state index is 0.158. The van der Waals surface area contributed by atoms with Gasteiger partial charge in [-0.05, 0) is 30.9 Å². The van der Waals surface area contributed by atoms with Crippen molar-refractivity contribution in [1.82, 2.24) is 5.32 Å². The third kappa shape index (κ3) is 5.94. The van der Waals surface area contributed by atoms with Crippen molar-refractivity contribution in [1.29, 1.82) is 0 Å². The van der Waals surface area contributed by atoms with Crippen LogP contribution in [-0.2, 0) is 20.9 Å². The zero-order valence-corrected chi connectivity index (χ0v) is 14.4. The normalized spacial score (nSPS) is 23.3. The smallest absolute Gasteiger partial charge is 0.407 e. The van der Waals surface area contributed by atoms with Crippen molar-refractivity contribution >= 4 is 12.1 Å². The maximum absolute atomic E-state index is 11.9. The number of aliphatic carboxylic acids is 1. The van der Waals surface area contributed by atoms with Gasteiger partial charge in [0.1, 0.15) is 6.61 Å². The number of carbonyl (C=O) groups is 2. The summed E-state index contributed by atoms with van der Waals surface area (Å²) < 4.78 is 10.9. The number of hydrogen-bond donors (Lipinski definition) is 2. The van der Waals surface area contributed by atoms with E-state index in [0.717, 1.165) is 5.56 Å². The molecule has 9 heteroatoms. The Hall–Kier alpha value is -2.77. The molecule has 1 aromatic carbocycles. The monoisotopic (exact) mass is 362 g/mol. The van der Waals surface area contributed by atoms with E-state index in [1.165, 1.54) is 0 Å². The lowest BCUT2D eigenvalue weighted by atomic mass is 9.94. The van der Waals surface area contributed by atoms with Gasteiger partial charge in [0, 0.05) is 4.91 Å². The summed E-state index contributed by atoms with van der Waals surface area (Å²) in [6.45, 7) is 1.92. The minimum atomic E-state index is -1.03. The number of azide groups is 1. The number of ether oxygens (including phenoxy) is 2. The van der Waals surface area contributed by atoms with Crippen LogP contribution in [0.4, 0.5) is 4.79 Å². The number of alkyl carbamates (subject to hydrolysis) is 1. The van der Waals surface area contributed by atoms with Gasteiger partial charge < -0.3 is 19.9 Å². The van der Waals surface area contributed by atoms with Gasteiger partial charge in [0.2, 0.25) is 0 Å². The molecule has 1 fully saturated rings. The molecule has 1 amide bonds. The van der Waals surface area contributed by atoms with Crippen LogP contribution in [-0.4, -0.2) is 41.5 Å². The number of carboxylic acids is 1. The van der Waals surface area contributed by atoms with Crippen molar-refractivity contribution in [2.75, 3.05) is 0 Å². The summed E-state index contributed by atoms with van der Waals surface area (Å²) in [6.07, 6.45) is -0.888. The lowest BCUT2D eigenvalue weighted by molar-refractivity contribution is -0.145. The second kappa shape index (κ2) is 9.65. The first-order chi connectivity index (χ1) is 12.5. The number of amides is 1. The number of nitrogens with one attached hydrogen (secondary N) is 1. The van der Waals surface area contributed by atoms with Gasteiger partial charge in [-0.2, -0.15) is 0 Å². The minimum Gasteiger partial charge on any atom is -0.481 e. The van der Waals surface area contributed by atoms with E-state index >= 15 is 0 Å². The standard InChI is InChI=1S/C17H22N4O5/c1-11(19-17(24)25-10-12-5-3-2-4-6-12)14-8-7-13(20-21-18)15(26-14)9-16(22)23/h2-6,11,13-15H,7-10H2,1H3,(H,19,24)(H,22,23)/t11-,13?,14+,15?/m1/s1.